The molecule has 1 heteroatoms. The van der Waals surface area contributed by atoms with Crippen LogP contribution >= 0.6 is 11.3 Å². The highest BCUT2D eigenvalue weighted by molar-refractivity contribution is 7.26. The van der Waals surface area contributed by atoms with Gasteiger partial charge in [0.2, 0.25) is 0 Å². The molecular weight excluding hydrogens is 801 g/mol. The zero-order valence-electron chi connectivity index (χ0n) is 36.9. The van der Waals surface area contributed by atoms with Crippen molar-refractivity contribution in [3.8, 4) is 55.6 Å². The first kappa shape index (κ1) is 37.1. The summed E-state index contributed by atoms with van der Waals surface area (Å²) in [6.45, 7) is 9.75. The Morgan fingerprint density at radius 3 is 1.58 bits per heavy atom. The summed E-state index contributed by atoms with van der Waals surface area (Å²) in [6.07, 6.45) is 0. The Hall–Kier alpha value is -7.32. The molecule has 0 radical (unpaired) electrons. The Morgan fingerprint density at radius 2 is 0.846 bits per heavy atom. The molecule has 2 aliphatic carbocycles. The molecule has 306 valence electrons. The third-order valence-electron chi connectivity index (χ3n) is 15.4. The standard InChI is InChI=1S/C64H44S/c1-63(2)55-34-38(52-36-53-49(32-33-50-43-19-12-14-27-57(43)65-62(50)53)60-51-24-11-13-26-54(51)64(3,4)61(52)60)28-30-41(55)42-31-29-39(35-56(42)63)58-45-20-7-9-22-47(45)59(48-23-10-8-21-46(48)58)44-25-15-17-37-16-5-6-18-40(37)44/h5-36H,1-4H3. The Kier molecular flexibility index (Phi) is 7.49. The van der Waals surface area contributed by atoms with E-state index in [9.17, 15) is 0 Å². The molecule has 0 fully saturated rings. The lowest BCUT2D eigenvalue weighted by Gasteiger charge is -2.26. The summed E-state index contributed by atoms with van der Waals surface area (Å²) in [7, 11) is 0. The van der Waals surface area contributed by atoms with Crippen LogP contribution in [0.1, 0.15) is 49.9 Å². The first-order chi connectivity index (χ1) is 31.8. The summed E-state index contributed by atoms with van der Waals surface area (Å²) in [4.78, 5) is 0. The van der Waals surface area contributed by atoms with Gasteiger partial charge in [0.1, 0.15) is 0 Å². The van der Waals surface area contributed by atoms with E-state index in [1.54, 1.807) is 0 Å². The van der Waals surface area contributed by atoms with Gasteiger partial charge in [0, 0.05) is 36.4 Å². The Labute approximate surface area is 383 Å². The van der Waals surface area contributed by atoms with Gasteiger partial charge in [-0.3, -0.25) is 0 Å². The van der Waals surface area contributed by atoms with Gasteiger partial charge in [-0.05, 0) is 140 Å². The molecule has 0 aliphatic heterocycles. The minimum Gasteiger partial charge on any atom is -0.135 e. The molecule has 0 saturated heterocycles. The van der Waals surface area contributed by atoms with Crippen LogP contribution in [0.25, 0.3) is 119 Å². The van der Waals surface area contributed by atoms with Crippen LogP contribution in [0.4, 0.5) is 0 Å². The van der Waals surface area contributed by atoms with Crippen molar-refractivity contribution >= 4 is 74.6 Å². The molecule has 2 aliphatic rings. The van der Waals surface area contributed by atoms with E-state index in [1.807, 2.05) is 11.3 Å². The Balaban J connectivity index is 0.965. The molecule has 12 aromatic rings. The van der Waals surface area contributed by atoms with Gasteiger partial charge in [-0.25, -0.2) is 0 Å². The second kappa shape index (κ2) is 13.1. The minimum atomic E-state index is -0.220. The number of rotatable bonds is 3. The zero-order chi connectivity index (χ0) is 43.3. The lowest BCUT2D eigenvalue weighted by atomic mass is 9.76. The van der Waals surface area contributed by atoms with Crippen molar-refractivity contribution in [2.75, 3.05) is 0 Å². The fourth-order valence-electron chi connectivity index (χ4n) is 12.4. The summed E-state index contributed by atoms with van der Waals surface area (Å²) in [6, 6.07) is 73.7. The van der Waals surface area contributed by atoms with Gasteiger partial charge in [0.25, 0.3) is 0 Å². The molecule has 11 aromatic carbocycles. The number of benzene rings is 11. The van der Waals surface area contributed by atoms with Crippen LogP contribution in [0.15, 0.2) is 194 Å². The van der Waals surface area contributed by atoms with E-state index in [1.165, 1.54) is 141 Å². The summed E-state index contributed by atoms with van der Waals surface area (Å²) in [5, 5.41) is 13.1. The largest absolute Gasteiger partial charge is 0.135 e. The van der Waals surface area contributed by atoms with Crippen LogP contribution < -0.4 is 0 Å². The smallest absolute Gasteiger partial charge is 0.0434 e. The second-order valence-corrected chi connectivity index (χ2v) is 20.5. The van der Waals surface area contributed by atoms with Crippen LogP contribution in [0.3, 0.4) is 0 Å². The van der Waals surface area contributed by atoms with Crippen molar-refractivity contribution < 1.29 is 0 Å². The first-order valence-corrected chi connectivity index (χ1v) is 23.8. The molecule has 0 amide bonds. The molecule has 0 spiro atoms. The summed E-state index contributed by atoms with van der Waals surface area (Å²) in [5.74, 6) is 0. The van der Waals surface area contributed by atoms with Crippen molar-refractivity contribution in [2.24, 2.45) is 0 Å². The lowest BCUT2D eigenvalue weighted by Crippen LogP contribution is -2.17. The predicted octanol–water partition coefficient (Wildman–Crippen LogP) is 18.3. The topological polar surface area (TPSA) is 0 Å². The van der Waals surface area contributed by atoms with E-state index in [4.69, 9.17) is 0 Å². The maximum absolute atomic E-state index is 2.55. The highest BCUT2D eigenvalue weighted by atomic mass is 32.1. The molecular formula is C64H44S. The normalized spacial score (nSPS) is 14.4. The van der Waals surface area contributed by atoms with Crippen LogP contribution in [-0.4, -0.2) is 0 Å². The second-order valence-electron chi connectivity index (χ2n) is 19.5. The highest BCUT2D eigenvalue weighted by Crippen LogP contribution is 2.58. The van der Waals surface area contributed by atoms with Gasteiger partial charge in [-0.1, -0.05) is 198 Å². The SMILES string of the molecule is CC1(C)c2cc(-c3cc4c(ccc5c6ccccc6sc45)c4c3C(C)(C)c3ccccc3-4)ccc2-c2ccc(-c3c4ccccc4c(-c4cccc5ccccc45)c4ccccc34)cc21. The Bertz CT molecular complexity index is 4000. The number of hydrogen-bond donors (Lipinski definition) is 0. The molecule has 0 unspecified atom stereocenters. The average molecular weight is 845 g/mol. The van der Waals surface area contributed by atoms with Gasteiger partial charge in [0.15, 0.2) is 0 Å². The van der Waals surface area contributed by atoms with Crippen molar-refractivity contribution in [2.45, 2.75) is 38.5 Å². The zero-order valence-corrected chi connectivity index (χ0v) is 37.7. The van der Waals surface area contributed by atoms with Crippen molar-refractivity contribution in [3.05, 3.63) is 216 Å². The van der Waals surface area contributed by atoms with Crippen LogP contribution in [-0.2, 0) is 10.8 Å². The van der Waals surface area contributed by atoms with E-state index in [0.717, 1.165) is 0 Å². The number of fused-ring (bicyclic) bond motifs is 15. The molecule has 0 nitrogen and oxygen atoms in total. The maximum atomic E-state index is 2.55. The Morgan fingerprint density at radius 1 is 0.308 bits per heavy atom. The summed E-state index contributed by atoms with van der Waals surface area (Å²) < 4.78 is 2.72. The van der Waals surface area contributed by atoms with Gasteiger partial charge in [-0.15, -0.1) is 11.3 Å². The lowest BCUT2D eigenvalue weighted by molar-refractivity contribution is 0.659. The van der Waals surface area contributed by atoms with Crippen molar-refractivity contribution in [1.29, 1.82) is 0 Å². The fourth-order valence-corrected chi connectivity index (χ4v) is 13.6. The summed E-state index contributed by atoms with van der Waals surface area (Å²) >= 11 is 1.93. The van der Waals surface area contributed by atoms with Crippen molar-refractivity contribution in [1.82, 2.24) is 0 Å². The van der Waals surface area contributed by atoms with Crippen LogP contribution in [0, 0.1) is 0 Å². The molecule has 14 rings (SSSR count). The van der Waals surface area contributed by atoms with Gasteiger partial charge in [0.05, 0.1) is 0 Å². The molecule has 0 saturated carbocycles. The van der Waals surface area contributed by atoms with E-state index >= 15 is 0 Å². The van der Waals surface area contributed by atoms with Gasteiger partial charge >= 0.3 is 0 Å². The van der Waals surface area contributed by atoms with Crippen LogP contribution in [0.2, 0.25) is 0 Å². The quantitative estimate of drug-likeness (QED) is 0.155. The van der Waals surface area contributed by atoms with Gasteiger partial charge in [-0.2, -0.15) is 0 Å². The third-order valence-corrected chi connectivity index (χ3v) is 16.6. The number of hydrogen-bond acceptors (Lipinski definition) is 1. The molecule has 1 heterocycles. The number of thiophene rings is 1. The van der Waals surface area contributed by atoms with E-state index < -0.39 is 0 Å². The molecule has 1 aromatic heterocycles. The monoisotopic (exact) mass is 844 g/mol. The molecule has 0 N–H and O–H groups in total. The minimum absolute atomic E-state index is 0.161. The van der Waals surface area contributed by atoms with Crippen LogP contribution in [0.5, 0.6) is 0 Å². The van der Waals surface area contributed by atoms with E-state index in [0.29, 0.717) is 0 Å². The highest BCUT2D eigenvalue weighted by Gasteiger charge is 2.41. The fraction of sp³-hybridized carbons (Fsp3) is 0.0938. The first-order valence-electron chi connectivity index (χ1n) is 23.0. The maximum Gasteiger partial charge on any atom is 0.0434 e. The molecule has 65 heavy (non-hydrogen) atoms. The average Bonchev–Trinajstić information content (AvgIpc) is 3.92. The predicted molar refractivity (Wildman–Crippen MR) is 281 cm³/mol. The summed E-state index contributed by atoms with van der Waals surface area (Å²) in [5.41, 5.74) is 18.5. The van der Waals surface area contributed by atoms with E-state index in [2.05, 4.69) is 222 Å². The molecule has 0 atom stereocenters. The van der Waals surface area contributed by atoms with Crippen molar-refractivity contribution in [3.63, 3.8) is 0 Å². The van der Waals surface area contributed by atoms with E-state index in [-0.39, 0.29) is 10.8 Å². The molecule has 0 bridgehead atoms. The third kappa shape index (κ3) is 4.97. The van der Waals surface area contributed by atoms with Gasteiger partial charge < -0.3 is 0 Å².